The summed E-state index contributed by atoms with van der Waals surface area (Å²) in [7, 11) is -5.84. The third-order valence-electron chi connectivity index (χ3n) is 4.36. The first-order valence-corrected chi connectivity index (χ1v) is 11.3. The first-order chi connectivity index (χ1) is 15.7. The zero-order valence-corrected chi connectivity index (χ0v) is 21.0. The van der Waals surface area contributed by atoms with Crippen LogP contribution in [-0.4, -0.2) is 39.9 Å². The molecule has 0 amide bonds. The van der Waals surface area contributed by atoms with Crippen molar-refractivity contribution in [1.29, 1.82) is 0 Å². The summed E-state index contributed by atoms with van der Waals surface area (Å²) in [6.07, 6.45) is -0.167. The number of phenolic OH excluding ortho intramolecular Hbond substituents is 2. The first kappa shape index (κ1) is 30.4. The van der Waals surface area contributed by atoms with Crippen molar-refractivity contribution in [3.8, 4) is 22.6 Å². The first-order valence-electron chi connectivity index (χ1n) is 9.87. The van der Waals surface area contributed by atoms with Gasteiger partial charge in [0.15, 0.2) is 0 Å². The number of hydrogen-bond acceptors (Lipinski definition) is 5. The SMILES string of the molecule is CC(C)O.O=S(=O)(O)C(F)(F)F.Oc1ccc2ccccc2c1-c1c(O)ccc2ccccc12.[Ti]. The summed E-state index contributed by atoms with van der Waals surface area (Å²) in [4.78, 5) is 0. The molecule has 4 aromatic rings. The molecule has 0 atom stereocenters. The summed E-state index contributed by atoms with van der Waals surface area (Å²) < 4.78 is 57.5. The molecule has 0 fully saturated rings. The number of aromatic hydroxyl groups is 2. The van der Waals surface area contributed by atoms with Crippen LogP contribution in [0.5, 0.6) is 11.5 Å². The Morgan fingerprint density at radius 2 is 1.00 bits per heavy atom. The van der Waals surface area contributed by atoms with Gasteiger partial charge < -0.3 is 15.3 Å². The molecule has 6 nitrogen and oxygen atoms in total. The van der Waals surface area contributed by atoms with E-state index >= 15 is 0 Å². The Morgan fingerprint density at radius 1 is 0.714 bits per heavy atom. The average molecular weight is 544 g/mol. The predicted octanol–water partition coefficient (Wildman–Crippen LogP) is 5.85. The summed E-state index contributed by atoms with van der Waals surface area (Å²) in [5.41, 5.74) is -4.19. The molecule has 0 aliphatic heterocycles. The standard InChI is InChI=1S/C20H14O2.C3H8O.CHF3O3S.Ti/c21-17-11-9-13-5-1-3-7-15(13)19(17)20-16-8-4-2-6-14(16)10-12-18(20)22;1-3(2)4;2-1(3,4)8(5,6)7;/h1-12,21-22H;3-4H,1-2H3;(H,5,6,7);. The molecule has 0 bridgehead atoms. The van der Waals surface area contributed by atoms with Crippen LogP contribution >= 0.6 is 0 Å². The minimum absolute atomic E-state index is 0. The van der Waals surface area contributed by atoms with E-state index in [9.17, 15) is 23.4 Å². The van der Waals surface area contributed by atoms with Gasteiger partial charge in [0.2, 0.25) is 0 Å². The zero-order chi connectivity index (χ0) is 25.7. The molecule has 0 aliphatic carbocycles. The molecule has 0 heterocycles. The molecule has 0 aliphatic rings. The second kappa shape index (κ2) is 12.4. The molecule has 35 heavy (non-hydrogen) atoms. The van der Waals surface area contributed by atoms with E-state index < -0.39 is 15.6 Å². The summed E-state index contributed by atoms with van der Waals surface area (Å²) in [6.45, 7) is 3.44. The second-order valence-corrected chi connectivity index (χ2v) is 8.79. The maximum Gasteiger partial charge on any atom is 0.522 e. The fraction of sp³-hybridized carbons (Fsp3) is 0.167. The third kappa shape index (κ3) is 7.94. The van der Waals surface area contributed by atoms with E-state index in [4.69, 9.17) is 18.1 Å². The van der Waals surface area contributed by atoms with Gasteiger partial charge in [-0.3, -0.25) is 4.55 Å². The van der Waals surface area contributed by atoms with E-state index in [0.717, 1.165) is 21.5 Å². The number of hydrogen-bond donors (Lipinski definition) is 4. The van der Waals surface area contributed by atoms with Crippen LogP contribution in [0, 0.1) is 0 Å². The molecule has 0 radical (unpaired) electrons. The van der Waals surface area contributed by atoms with E-state index in [2.05, 4.69) is 0 Å². The van der Waals surface area contributed by atoms with E-state index in [1.807, 2.05) is 60.7 Å². The van der Waals surface area contributed by atoms with Crippen molar-refractivity contribution in [2.24, 2.45) is 0 Å². The maximum atomic E-state index is 10.7. The number of alkyl halides is 3. The van der Waals surface area contributed by atoms with Gasteiger partial charge in [-0.05, 0) is 47.5 Å². The molecular formula is C24H23F3O6STi. The van der Waals surface area contributed by atoms with Gasteiger partial charge in [0.1, 0.15) is 11.5 Å². The van der Waals surface area contributed by atoms with Gasteiger partial charge in [0, 0.05) is 38.9 Å². The van der Waals surface area contributed by atoms with Gasteiger partial charge in [-0.15, -0.1) is 0 Å². The van der Waals surface area contributed by atoms with Crippen LogP contribution in [0.15, 0.2) is 72.8 Å². The Balaban J connectivity index is 0.000000399. The molecular weight excluding hydrogens is 521 g/mol. The van der Waals surface area contributed by atoms with Crippen molar-refractivity contribution in [3.05, 3.63) is 72.8 Å². The third-order valence-corrected chi connectivity index (χ3v) is 4.94. The molecule has 0 saturated heterocycles. The summed E-state index contributed by atoms with van der Waals surface area (Å²) >= 11 is 0. The van der Waals surface area contributed by atoms with Crippen molar-refractivity contribution in [2.45, 2.75) is 25.5 Å². The Kier molecular flexibility index (Phi) is 10.7. The zero-order valence-electron chi connectivity index (χ0n) is 18.7. The van der Waals surface area contributed by atoms with Crippen LogP contribution in [0.2, 0.25) is 0 Å². The van der Waals surface area contributed by atoms with Crippen molar-refractivity contribution in [2.75, 3.05) is 0 Å². The summed E-state index contributed by atoms with van der Waals surface area (Å²) in [5.74, 6) is 0.343. The maximum absolute atomic E-state index is 10.7. The number of aliphatic hydroxyl groups is 1. The smallest absolute Gasteiger partial charge is 0.507 e. The number of rotatable bonds is 1. The van der Waals surface area contributed by atoms with Crippen molar-refractivity contribution in [3.63, 3.8) is 0 Å². The molecule has 0 saturated carbocycles. The number of halogens is 3. The molecule has 186 valence electrons. The minimum atomic E-state index is -5.84. The van der Waals surface area contributed by atoms with Crippen LogP contribution in [-0.2, 0) is 31.8 Å². The van der Waals surface area contributed by atoms with E-state index in [0.29, 0.717) is 11.1 Å². The van der Waals surface area contributed by atoms with E-state index in [1.54, 1.807) is 26.0 Å². The fourth-order valence-corrected chi connectivity index (χ4v) is 3.05. The van der Waals surface area contributed by atoms with Crippen LogP contribution in [0.1, 0.15) is 13.8 Å². The van der Waals surface area contributed by atoms with Crippen LogP contribution in [0.25, 0.3) is 32.7 Å². The predicted molar refractivity (Wildman–Crippen MR) is 125 cm³/mol. The monoisotopic (exact) mass is 544 g/mol. The molecule has 0 spiro atoms. The fourth-order valence-electron chi connectivity index (χ4n) is 3.05. The van der Waals surface area contributed by atoms with Crippen molar-refractivity contribution < 1.29 is 63.2 Å². The second-order valence-electron chi connectivity index (χ2n) is 7.38. The Bertz CT molecular complexity index is 1300. The van der Waals surface area contributed by atoms with E-state index in [-0.39, 0.29) is 39.3 Å². The topological polar surface area (TPSA) is 115 Å². The summed E-state index contributed by atoms with van der Waals surface area (Å²) in [6, 6.07) is 22.9. The Morgan fingerprint density at radius 3 is 1.29 bits per heavy atom. The molecule has 4 aromatic carbocycles. The number of benzene rings is 4. The van der Waals surface area contributed by atoms with Crippen LogP contribution < -0.4 is 0 Å². The minimum Gasteiger partial charge on any atom is -0.507 e. The number of aliphatic hydroxyl groups excluding tert-OH is 1. The average Bonchev–Trinajstić information content (AvgIpc) is 2.73. The van der Waals surface area contributed by atoms with E-state index in [1.165, 1.54) is 0 Å². The van der Waals surface area contributed by atoms with Crippen LogP contribution in [0.4, 0.5) is 13.2 Å². The van der Waals surface area contributed by atoms with Gasteiger partial charge in [-0.25, -0.2) is 0 Å². The molecule has 0 unspecified atom stereocenters. The van der Waals surface area contributed by atoms with Gasteiger partial charge in [-0.1, -0.05) is 60.7 Å². The molecule has 0 aromatic heterocycles. The Hall–Kier alpha value is -2.63. The molecule has 4 rings (SSSR count). The largest absolute Gasteiger partial charge is 0.522 e. The van der Waals surface area contributed by atoms with Gasteiger partial charge in [0.05, 0.1) is 0 Å². The number of fused-ring (bicyclic) bond motifs is 2. The normalized spacial score (nSPS) is 11.2. The van der Waals surface area contributed by atoms with Gasteiger partial charge in [-0.2, -0.15) is 21.6 Å². The van der Waals surface area contributed by atoms with Gasteiger partial charge >= 0.3 is 15.6 Å². The molecule has 4 N–H and O–H groups in total. The van der Waals surface area contributed by atoms with Crippen molar-refractivity contribution >= 4 is 31.7 Å². The van der Waals surface area contributed by atoms with Crippen molar-refractivity contribution in [1.82, 2.24) is 0 Å². The number of phenols is 2. The quantitative estimate of drug-likeness (QED) is 0.136. The summed E-state index contributed by atoms with van der Waals surface area (Å²) in [5, 5.41) is 32.8. The Labute approximate surface area is 215 Å². The van der Waals surface area contributed by atoms with Gasteiger partial charge in [0.25, 0.3) is 0 Å². The van der Waals surface area contributed by atoms with Crippen LogP contribution in [0.3, 0.4) is 0 Å². The molecule has 11 heteroatoms.